The molecule has 15 heavy (non-hydrogen) atoms. The van der Waals surface area contributed by atoms with E-state index in [-0.39, 0.29) is 12.1 Å². The second-order valence-electron chi connectivity index (χ2n) is 3.07. The number of nitrogens with two attached hydrogens (primary N) is 2. The minimum Gasteiger partial charge on any atom is -0.329 e. The third kappa shape index (κ3) is 2.66. The lowest BCUT2D eigenvalue weighted by Gasteiger charge is -2.16. The van der Waals surface area contributed by atoms with Crippen molar-refractivity contribution in [3.63, 3.8) is 0 Å². The fourth-order valence-corrected chi connectivity index (χ4v) is 1.23. The van der Waals surface area contributed by atoms with E-state index in [9.17, 15) is 17.6 Å². The maximum absolute atomic E-state index is 12.8. The summed E-state index contributed by atoms with van der Waals surface area (Å²) in [6.07, 6.45) is -4.55. The van der Waals surface area contributed by atoms with Gasteiger partial charge in [0.2, 0.25) is 0 Å². The molecule has 1 unspecified atom stereocenters. The number of benzene rings is 1. The lowest BCUT2D eigenvalue weighted by molar-refractivity contribution is -0.138. The summed E-state index contributed by atoms with van der Waals surface area (Å²) in [6.45, 7) is -0.174. The van der Waals surface area contributed by atoms with Gasteiger partial charge in [0.1, 0.15) is 5.82 Å². The Morgan fingerprint density at radius 3 is 2.33 bits per heavy atom. The lowest BCUT2D eigenvalue weighted by atomic mass is 10.0. The largest absolute Gasteiger partial charge is 0.416 e. The third-order valence-electron chi connectivity index (χ3n) is 1.97. The molecule has 84 valence electrons. The van der Waals surface area contributed by atoms with Crippen LogP contribution in [0.25, 0.3) is 0 Å². The zero-order valence-electron chi connectivity index (χ0n) is 7.68. The Morgan fingerprint density at radius 2 is 1.87 bits per heavy atom. The van der Waals surface area contributed by atoms with Gasteiger partial charge in [0.25, 0.3) is 0 Å². The minimum absolute atomic E-state index is 0.174. The molecule has 0 bridgehead atoms. The SMILES string of the molecule is NCC(N)c1cc(F)ccc1C(F)(F)F. The average molecular weight is 222 g/mol. The zero-order valence-corrected chi connectivity index (χ0v) is 7.68. The Bertz CT molecular complexity index is 348. The highest BCUT2D eigenvalue weighted by Crippen LogP contribution is 2.34. The molecule has 4 N–H and O–H groups in total. The molecule has 0 aliphatic heterocycles. The average Bonchev–Trinajstić information content (AvgIpc) is 2.14. The van der Waals surface area contributed by atoms with Gasteiger partial charge in [-0.05, 0) is 23.8 Å². The van der Waals surface area contributed by atoms with Crippen molar-refractivity contribution >= 4 is 0 Å². The number of alkyl halides is 3. The fraction of sp³-hybridized carbons (Fsp3) is 0.333. The summed E-state index contributed by atoms with van der Waals surface area (Å²) < 4.78 is 50.1. The minimum atomic E-state index is -4.55. The van der Waals surface area contributed by atoms with E-state index in [4.69, 9.17) is 11.5 Å². The molecule has 1 atom stereocenters. The van der Waals surface area contributed by atoms with Crippen LogP contribution in [0.5, 0.6) is 0 Å². The van der Waals surface area contributed by atoms with Crippen LogP contribution in [0.15, 0.2) is 18.2 Å². The molecule has 0 heterocycles. The molecule has 0 aliphatic carbocycles. The van der Waals surface area contributed by atoms with E-state index in [2.05, 4.69) is 0 Å². The van der Waals surface area contributed by atoms with Gasteiger partial charge >= 0.3 is 6.18 Å². The Morgan fingerprint density at radius 1 is 1.27 bits per heavy atom. The predicted molar refractivity (Wildman–Crippen MR) is 47.4 cm³/mol. The lowest BCUT2D eigenvalue weighted by Crippen LogP contribution is -2.24. The molecule has 0 saturated heterocycles. The Kier molecular flexibility index (Phi) is 3.31. The first-order valence-electron chi connectivity index (χ1n) is 4.18. The molecule has 0 spiro atoms. The summed E-state index contributed by atoms with van der Waals surface area (Å²) in [4.78, 5) is 0. The van der Waals surface area contributed by atoms with E-state index in [0.717, 1.165) is 12.1 Å². The first-order chi connectivity index (χ1) is 6.86. The number of hydrogen-bond acceptors (Lipinski definition) is 2. The summed E-state index contributed by atoms with van der Waals surface area (Å²) in [5, 5.41) is 0. The van der Waals surface area contributed by atoms with Crippen LogP contribution in [0.4, 0.5) is 17.6 Å². The smallest absolute Gasteiger partial charge is 0.329 e. The molecular weight excluding hydrogens is 212 g/mol. The van der Waals surface area contributed by atoms with Crippen molar-refractivity contribution in [2.24, 2.45) is 11.5 Å². The predicted octanol–water partition coefficient (Wildman–Crippen LogP) is 1.80. The van der Waals surface area contributed by atoms with Crippen LogP contribution in [0, 0.1) is 5.82 Å². The number of hydrogen-bond donors (Lipinski definition) is 2. The van der Waals surface area contributed by atoms with Crippen molar-refractivity contribution in [1.82, 2.24) is 0 Å². The van der Waals surface area contributed by atoms with E-state index in [1.807, 2.05) is 0 Å². The molecule has 0 saturated carbocycles. The van der Waals surface area contributed by atoms with Gasteiger partial charge in [-0.2, -0.15) is 13.2 Å². The van der Waals surface area contributed by atoms with E-state index in [0.29, 0.717) is 6.07 Å². The van der Waals surface area contributed by atoms with Gasteiger partial charge in [0, 0.05) is 12.6 Å². The first-order valence-corrected chi connectivity index (χ1v) is 4.18. The van der Waals surface area contributed by atoms with Crippen LogP contribution in [0.3, 0.4) is 0 Å². The van der Waals surface area contributed by atoms with Gasteiger partial charge in [-0.25, -0.2) is 4.39 Å². The summed E-state index contributed by atoms with van der Waals surface area (Å²) in [7, 11) is 0. The van der Waals surface area contributed by atoms with Gasteiger partial charge in [0.15, 0.2) is 0 Å². The van der Waals surface area contributed by atoms with Gasteiger partial charge < -0.3 is 11.5 Å². The maximum Gasteiger partial charge on any atom is 0.416 e. The van der Waals surface area contributed by atoms with Crippen LogP contribution >= 0.6 is 0 Å². The van der Waals surface area contributed by atoms with E-state index < -0.39 is 23.6 Å². The second-order valence-corrected chi connectivity index (χ2v) is 3.07. The highest BCUT2D eigenvalue weighted by atomic mass is 19.4. The van der Waals surface area contributed by atoms with E-state index in [1.165, 1.54) is 0 Å². The third-order valence-corrected chi connectivity index (χ3v) is 1.97. The standard InChI is InChI=1S/C9H10F4N2/c10-5-1-2-7(9(11,12)13)6(3-5)8(15)4-14/h1-3,8H,4,14-15H2. The molecule has 1 aromatic carbocycles. The van der Waals surface area contributed by atoms with E-state index >= 15 is 0 Å². The topological polar surface area (TPSA) is 52.0 Å². The summed E-state index contributed by atoms with van der Waals surface area (Å²) in [6, 6.07) is 1.16. The molecule has 0 radical (unpaired) electrons. The number of halogens is 4. The maximum atomic E-state index is 12.8. The molecule has 0 fully saturated rings. The monoisotopic (exact) mass is 222 g/mol. The first kappa shape index (κ1) is 11.9. The summed E-state index contributed by atoms with van der Waals surface area (Å²) >= 11 is 0. The highest BCUT2D eigenvalue weighted by molar-refractivity contribution is 5.33. The number of rotatable bonds is 2. The molecule has 0 aliphatic rings. The van der Waals surface area contributed by atoms with E-state index in [1.54, 1.807) is 0 Å². The molecule has 6 heteroatoms. The molecule has 0 aromatic heterocycles. The Labute approximate surface area is 83.9 Å². The quantitative estimate of drug-likeness (QED) is 0.749. The molecule has 2 nitrogen and oxygen atoms in total. The van der Waals surface area contributed by atoms with Crippen molar-refractivity contribution in [2.75, 3.05) is 6.54 Å². The van der Waals surface area contributed by atoms with Gasteiger partial charge in [0.05, 0.1) is 5.56 Å². The zero-order chi connectivity index (χ0) is 11.6. The molecule has 1 rings (SSSR count). The van der Waals surface area contributed by atoms with Crippen molar-refractivity contribution in [3.8, 4) is 0 Å². The second kappa shape index (κ2) is 4.16. The van der Waals surface area contributed by atoms with Gasteiger partial charge in [-0.1, -0.05) is 0 Å². The molecule has 0 amide bonds. The summed E-state index contributed by atoms with van der Waals surface area (Å²) in [5.74, 6) is -0.762. The fourth-order valence-electron chi connectivity index (χ4n) is 1.23. The Hall–Kier alpha value is -1.14. The van der Waals surface area contributed by atoms with Crippen LogP contribution in [0.1, 0.15) is 17.2 Å². The molecular formula is C9H10F4N2. The van der Waals surface area contributed by atoms with Crippen molar-refractivity contribution in [3.05, 3.63) is 35.1 Å². The molecule has 1 aromatic rings. The van der Waals surface area contributed by atoms with Crippen LogP contribution in [0.2, 0.25) is 0 Å². The normalized spacial score (nSPS) is 14.0. The van der Waals surface area contributed by atoms with Crippen molar-refractivity contribution < 1.29 is 17.6 Å². The van der Waals surface area contributed by atoms with Crippen molar-refractivity contribution in [2.45, 2.75) is 12.2 Å². The summed E-state index contributed by atoms with van der Waals surface area (Å²) in [5.41, 5.74) is 9.26. The van der Waals surface area contributed by atoms with Gasteiger partial charge in [-0.15, -0.1) is 0 Å². The van der Waals surface area contributed by atoms with Gasteiger partial charge in [-0.3, -0.25) is 0 Å². The highest BCUT2D eigenvalue weighted by Gasteiger charge is 2.34. The van der Waals surface area contributed by atoms with Crippen LogP contribution in [-0.4, -0.2) is 6.54 Å². The Balaban J connectivity index is 3.27. The van der Waals surface area contributed by atoms with Crippen LogP contribution in [-0.2, 0) is 6.18 Å². The van der Waals surface area contributed by atoms with Crippen molar-refractivity contribution in [1.29, 1.82) is 0 Å². The van der Waals surface area contributed by atoms with Crippen LogP contribution < -0.4 is 11.5 Å².